The molecule has 0 radical (unpaired) electrons. The molecule has 1 aliphatic heterocycles. The van der Waals surface area contributed by atoms with Crippen LogP contribution in [-0.2, 0) is 4.79 Å². The van der Waals surface area contributed by atoms with Crippen molar-refractivity contribution in [2.45, 2.75) is 45.6 Å². The first-order chi connectivity index (χ1) is 8.13. The molecule has 0 aliphatic carbocycles. The molecule has 1 atom stereocenters. The van der Waals surface area contributed by atoms with Gasteiger partial charge in [0.05, 0.1) is 0 Å². The number of piperidine rings is 1. The molecule has 1 rings (SSSR count). The average Bonchev–Trinajstić information content (AvgIpc) is 2.34. The maximum absolute atomic E-state index is 11.2. The number of nitrogens with one attached hydrogen (secondary N) is 1. The number of hydrogen-bond acceptors (Lipinski definition) is 3. The van der Waals surface area contributed by atoms with Gasteiger partial charge in [-0.05, 0) is 38.1 Å². The minimum absolute atomic E-state index is 0.195. The maximum Gasteiger partial charge on any atom is 0.219 e. The molecule has 0 aromatic rings. The van der Waals surface area contributed by atoms with Crippen molar-refractivity contribution in [1.82, 2.24) is 10.2 Å². The molecule has 0 bridgehead atoms. The van der Waals surface area contributed by atoms with Crippen LogP contribution in [0.2, 0.25) is 0 Å². The minimum atomic E-state index is 0.195. The maximum atomic E-state index is 11.2. The van der Waals surface area contributed by atoms with Crippen molar-refractivity contribution >= 4 is 5.91 Å². The van der Waals surface area contributed by atoms with Crippen LogP contribution in [0.3, 0.4) is 0 Å². The van der Waals surface area contributed by atoms with E-state index >= 15 is 0 Å². The van der Waals surface area contributed by atoms with Crippen molar-refractivity contribution in [2.75, 3.05) is 26.2 Å². The third-order valence-electron chi connectivity index (χ3n) is 3.56. The zero-order valence-corrected chi connectivity index (χ0v) is 11.1. The number of rotatable bonds is 6. The Morgan fingerprint density at radius 2 is 2.12 bits per heavy atom. The highest BCUT2D eigenvalue weighted by molar-refractivity contribution is 5.73. The fraction of sp³-hybridized carbons (Fsp3) is 0.923. The highest BCUT2D eigenvalue weighted by Gasteiger charge is 2.19. The smallest absolute Gasteiger partial charge is 0.219 e. The number of hydrogen-bond donors (Lipinski definition) is 2. The molecule has 17 heavy (non-hydrogen) atoms. The standard InChI is InChI=1S/C13H26N2O2/c1-11(10-16)4-3-7-14-13-5-8-15(9-6-13)12(2)17/h11,13-14,16H,3-10H2,1-2H3. The van der Waals surface area contributed by atoms with Gasteiger partial charge < -0.3 is 15.3 Å². The molecule has 0 aromatic heterocycles. The van der Waals surface area contributed by atoms with Crippen LogP contribution in [0.4, 0.5) is 0 Å². The second kappa shape index (κ2) is 7.67. The minimum Gasteiger partial charge on any atom is -0.396 e. The molecule has 0 saturated carbocycles. The van der Waals surface area contributed by atoms with Crippen LogP contribution in [0, 0.1) is 5.92 Å². The van der Waals surface area contributed by atoms with Gasteiger partial charge in [-0.3, -0.25) is 4.79 Å². The predicted molar refractivity (Wildman–Crippen MR) is 68.8 cm³/mol. The molecule has 1 fully saturated rings. The molecule has 1 heterocycles. The van der Waals surface area contributed by atoms with E-state index in [-0.39, 0.29) is 12.5 Å². The molecule has 1 unspecified atom stereocenters. The summed E-state index contributed by atoms with van der Waals surface area (Å²) in [6.07, 6.45) is 4.33. The summed E-state index contributed by atoms with van der Waals surface area (Å²) in [5.74, 6) is 0.608. The molecule has 4 heteroatoms. The second-order valence-electron chi connectivity index (χ2n) is 5.16. The Bertz CT molecular complexity index is 225. The summed E-state index contributed by atoms with van der Waals surface area (Å²) in [6.45, 7) is 6.81. The number of carbonyl (C=O) groups is 1. The number of amides is 1. The van der Waals surface area contributed by atoms with E-state index in [1.165, 1.54) is 0 Å². The summed E-state index contributed by atoms with van der Waals surface area (Å²) in [4.78, 5) is 13.1. The summed E-state index contributed by atoms with van der Waals surface area (Å²) >= 11 is 0. The summed E-state index contributed by atoms with van der Waals surface area (Å²) in [5, 5.41) is 12.4. The van der Waals surface area contributed by atoms with E-state index in [0.29, 0.717) is 12.0 Å². The second-order valence-corrected chi connectivity index (χ2v) is 5.16. The molecule has 0 spiro atoms. The van der Waals surface area contributed by atoms with Gasteiger partial charge in [0.2, 0.25) is 5.91 Å². The molecule has 1 aliphatic rings. The average molecular weight is 242 g/mol. The van der Waals surface area contributed by atoms with Crippen molar-refractivity contribution in [2.24, 2.45) is 5.92 Å². The van der Waals surface area contributed by atoms with Crippen LogP contribution in [-0.4, -0.2) is 48.2 Å². The number of aliphatic hydroxyl groups excluding tert-OH is 1. The molecular formula is C13H26N2O2. The largest absolute Gasteiger partial charge is 0.396 e. The van der Waals surface area contributed by atoms with E-state index in [9.17, 15) is 4.79 Å². The molecule has 1 saturated heterocycles. The molecule has 4 nitrogen and oxygen atoms in total. The molecule has 2 N–H and O–H groups in total. The molecule has 100 valence electrons. The number of nitrogens with zero attached hydrogens (tertiary/aromatic N) is 1. The highest BCUT2D eigenvalue weighted by atomic mass is 16.3. The monoisotopic (exact) mass is 242 g/mol. The van der Waals surface area contributed by atoms with Gasteiger partial charge in [0.25, 0.3) is 0 Å². The lowest BCUT2D eigenvalue weighted by Crippen LogP contribution is -2.44. The Morgan fingerprint density at radius 1 is 1.47 bits per heavy atom. The summed E-state index contributed by atoms with van der Waals surface area (Å²) < 4.78 is 0. The lowest BCUT2D eigenvalue weighted by molar-refractivity contribution is -0.129. The van der Waals surface area contributed by atoms with Crippen LogP contribution in [0.15, 0.2) is 0 Å². The van der Waals surface area contributed by atoms with E-state index in [1.807, 2.05) is 4.90 Å². The van der Waals surface area contributed by atoms with E-state index in [0.717, 1.165) is 45.3 Å². The quantitative estimate of drug-likeness (QED) is 0.683. The first-order valence-electron chi connectivity index (χ1n) is 6.73. The van der Waals surface area contributed by atoms with Crippen LogP contribution in [0.5, 0.6) is 0 Å². The predicted octanol–water partition coefficient (Wildman–Crippen LogP) is 0.995. The van der Waals surface area contributed by atoms with Crippen molar-refractivity contribution in [3.05, 3.63) is 0 Å². The highest BCUT2D eigenvalue weighted by Crippen LogP contribution is 2.11. The molecular weight excluding hydrogens is 216 g/mol. The summed E-state index contributed by atoms with van der Waals surface area (Å²) in [6, 6.07) is 0.565. The summed E-state index contributed by atoms with van der Waals surface area (Å²) in [7, 11) is 0. The van der Waals surface area contributed by atoms with Gasteiger partial charge in [-0.25, -0.2) is 0 Å². The van der Waals surface area contributed by atoms with Crippen molar-refractivity contribution in [1.29, 1.82) is 0 Å². The van der Waals surface area contributed by atoms with Gasteiger partial charge in [0.15, 0.2) is 0 Å². The van der Waals surface area contributed by atoms with Gasteiger partial charge in [-0.15, -0.1) is 0 Å². The zero-order valence-electron chi connectivity index (χ0n) is 11.1. The lowest BCUT2D eigenvalue weighted by atomic mass is 10.0. The lowest BCUT2D eigenvalue weighted by Gasteiger charge is -2.31. The summed E-state index contributed by atoms with van der Waals surface area (Å²) in [5.41, 5.74) is 0. The molecule has 0 aromatic carbocycles. The van der Waals surface area contributed by atoms with E-state index < -0.39 is 0 Å². The fourth-order valence-electron chi connectivity index (χ4n) is 2.25. The zero-order chi connectivity index (χ0) is 12.7. The number of likely N-dealkylation sites (tertiary alicyclic amines) is 1. The normalized spacial score (nSPS) is 19.4. The van der Waals surface area contributed by atoms with Gasteiger partial charge >= 0.3 is 0 Å². The van der Waals surface area contributed by atoms with Gasteiger partial charge in [0, 0.05) is 32.7 Å². The Morgan fingerprint density at radius 3 is 2.65 bits per heavy atom. The third kappa shape index (κ3) is 5.50. The van der Waals surface area contributed by atoms with Crippen LogP contribution in [0.1, 0.15) is 39.5 Å². The fourth-order valence-corrected chi connectivity index (χ4v) is 2.25. The van der Waals surface area contributed by atoms with Crippen LogP contribution < -0.4 is 5.32 Å². The Hall–Kier alpha value is -0.610. The Kier molecular flexibility index (Phi) is 6.52. The first kappa shape index (κ1) is 14.5. The topological polar surface area (TPSA) is 52.6 Å². The Labute approximate surface area is 104 Å². The van der Waals surface area contributed by atoms with Gasteiger partial charge in [0.1, 0.15) is 0 Å². The number of aliphatic hydroxyl groups is 1. The molecule has 1 amide bonds. The Balaban J connectivity index is 2.04. The number of carbonyl (C=O) groups excluding carboxylic acids is 1. The van der Waals surface area contributed by atoms with Crippen LogP contribution in [0.25, 0.3) is 0 Å². The van der Waals surface area contributed by atoms with Crippen molar-refractivity contribution < 1.29 is 9.90 Å². The van der Waals surface area contributed by atoms with Crippen LogP contribution >= 0.6 is 0 Å². The van der Waals surface area contributed by atoms with E-state index in [4.69, 9.17) is 5.11 Å². The SMILES string of the molecule is CC(=O)N1CCC(NCCCC(C)CO)CC1. The van der Waals surface area contributed by atoms with Crippen molar-refractivity contribution in [3.8, 4) is 0 Å². The van der Waals surface area contributed by atoms with Crippen molar-refractivity contribution in [3.63, 3.8) is 0 Å². The van der Waals surface area contributed by atoms with Gasteiger partial charge in [-0.1, -0.05) is 6.92 Å². The first-order valence-corrected chi connectivity index (χ1v) is 6.73. The van der Waals surface area contributed by atoms with E-state index in [2.05, 4.69) is 12.2 Å². The van der Waals surface area contributed by atoms with Gasteiger partial charge in [-0.2, -0.15) is 0 Å². The third-order valence-corrected chi connectivity index (χ3v) is 3.56. The van der Waals surface area contributed by atoms with E-state index in [1.54, 1.807) is 6.92 Å².